The van der Waals surface area contributed by atoms with Gasteiger partial charge in [0.05, 0.1) is 17.2 Å². The number of ether oxygens (including phenoxy) is 1. The third-order valence-corrected chi connectivity index (χ3v) is 7.50. The predicted molar refractivity (Wildman–Crippen MR) is 156 cm³/mol. The minimum atomic E-state index is 0.134. The molecule has 0 saturated carbocycles. The molecule has 4 aromatic rings. The number of carbonyl (C=O) groups is 1. The molecule has 0 atom stereocenters. The van der Waals surface area contributed by atoms with Crippen LogP contribution in [0.5, 0.6) is 6.01 Å². The van der Waals surface area contributed by atoms with Crippen LogP contribution in [-0.2, 0) is 11.3 Å². The van der Waals surface area contributed by atoms with Crippen LogP contribution in [0.1, 0.15) is 55.5 Å². The smallest absolute Gasteiger partial charge is 0.322 e. The zero-order chi connectivity index (χ0) is 28.2. The quantitative estimate of drug-likeness (QED) is 0.253. The van der Waals surface area contributed by atoms with Crippen LogP contribution in [0.3, 0.4) is 0 Å². The van der Waals surface area contributed by atoms with E-state index in [2.05, 4.69) is 77.9 Å². The lowest BCUT2D eigenvalue weighted by Gasteiger charge is -2.34. The van der Waals surface area contributed by atoms with E-state index in [1.54, 1.807) is 4.52 Å². The summed E-state index contributed by atoms with van der Waals surface area (Å²) in [5.74, 6) is 2.52. The Kier molecular flexibility index (Phi) is 8.41. The maximum atomic E-state index is 9.06. The first kappa shape index (κ1) is 27.7. The van der Waals surface area contributed by atoms with Crippen LogP contribution >= 0.6 is 0 Å². The van der Waals surface area contributed by atoms with E-state index in [0.29, 0.717) is 36.6 Å². The van der Waals surface area contributed by atoms with Crippen LogP contribution in [0, 0.1) is 0 Å². The van der Waals surface area contributed by atoms with Crippen LogP contribution < -0.4 is 10.1 Å². The number of hydrogen-bond acceptors (Lipinski definition) is 9. The fraction of sp³-hybridized carbons (Fsp3) is 0.483. The van der Waals surface area contributed by atoms with Crippen LogP contribution in [-0.4, -0.2) is 92.0 Å². The maximum absolute atomic E-state index is 9.06. The van der Waals surface area contributed by atoms with E-state index in [4.69, 9.17) is 24.5 Å². The van der Waals surface area contributed by atoms with Crippen molar-refractivity contribution in [2.75, 3.05) is 45.6 Å². The van der Waals surface area contributed by atoms with Crippen molar-refractivity contribution in [3.05, 3.63) is 54.0 Å². The number of aldehydes is 1. The molecule has 0 unspecified atom stereocenters. The van der Waals surface area contributed by atoms with Gasteiger partial charge in [-0.15, -0.1) is 0 Å². The number of rotatable bonds is 8. The Labute approximate surface area is 234 Å². The van der Waals surface area contributed by atoms with Gasteiger partial charge >= 0.3 is 6.01 Å². The SMILES string of the molecule is C=CC=O.CC(C)c1cnn2c(NCc3ccc4nc(C5CN(C)C5)[nH]c4c3)nc(OC3CCN(C)CC3)nc12. The second-order valence-electron chi connectivity index (χ2n) is 11.1. The highest BCUT2D eigenvalue weighted by Gasteiger charge is 2.27. The molecule has 2 aliphatic rings. The van der Waals surface area contributed by atoms with Crippen molar-refractivity contribution in [1.82, 2.24) is 39.3 Å². The number of likely N-dealkylation sites (N-methyl/N-ethyl adjacent to an activating group) is 1. The second-order valence-corrected chi connectivity index (χ2v) is 11.1. The number of nitrogens with one attached hydrogen (secondary N) is 2. The average Bonchev–Trinajstić information content (AvgIpc) is 3.55. The first-order valence-corrected chi connectivity index (χ1v) is 13.9. The molecule has 11 nitrogen and oxygen atoms in total. The Hall–Kier alpha value is -3.83. The summed E-state index contributed by atoms with van der Waals surface area (Å²) in [6, 6.07) is 6.78. The van der Waals surface area contributed by atoms with Crippen LogP contribution in [0.15, 0.2) is 37.1 Å². The van der Waals surface area contributed by atoms with Crippen molar-refractivity contribution in [2.24, 2.45) is 0 Å². The molecule has 40 heavy (non-hydrogen) atoms. The van der Waals surface area contributed by atoms with Crippen LogP contribution in [0.4, 0.5) is 5.95 Å². The first-order chi connectivity index (χ1) is 19.3. The summed E-state index contributed by atoms with van der Waals surface area (Å²) in [4.78, 5) is 31.5. The van der Waals surface area contributed by atoms with E-state index in [0.717, 1.165) is 72.7 Å². The molecule has 0 radical (unpaired) electrons. The van der Waals surface area contributed by atoms with Gasteiger partial charge in [-0.25, -0.2) is 4.98 Å². The summed E-state index contributed by atoms with van der Waals surface area (Å²) < 4.78 is 8.06. The minimum Gasteiger partial charge on any atom is -0.460 e. The van der Waals surface area contributed by atoms with Gasteiger partial charge in [-0.3, -0.25) is 4.79 Å². The predicted octanol–water partition coefficient (Wildman–Crippen LogP) is 3.61. The van der Waals surface area contributed by atoms with E-state index >= 15 is 0 Å². The van der Waals surface area contributed by atoms with Gasteiger partial charge in [-0.1, -0.05) is 26.5 Å². The number of H-pyrrole nitrogens is 1. The zero-order valence-electron chi connectivity index (χ0n) is 23.8. The maximum Gasteiger partial charge on any atom is 0.322 e. The fourth-order valence-electron chi connectivity index (χ4n) is 5.13. The van der Waals surface area contributed by atoms with E-state index in [9.17, 15) is 0 Å². The summed E-state index contributed by atoms with van der Waals surface area (Å²) in [6.45, 7) is 12.2. The van der Waals surface area contributed by atoms with Gasteiger partial charge in [0.2, 0.25) is 5.95 Å². The lowest BCUT2D eigenvalue weighted by Crippen LogP contribution is -2.42. The third kappa shape index (κ3) is 6.15. The van der Waals surface area contributed by atoms with E-state index in [1.165, 1.54) is 6.08 Å². The topological polar surface area (TPSA) is 117 Å². The number of allylic oxidation sites excluding steroid dienone is 1. The highest BCUT2D eigenvalue weighted by atomic mass is 16.5. The summed E-state index contributed by atoms with van der Waals surface area (Å²) in [7, 11) is 4.29. The van der Waals surface area contributed by atoms with Gasteiger partial charge in [0.15, 0.2) is 5.65 Å². The molecular formula is C29H39N9O2. The molecule has 3 aromatic heterocycles. The van der Waals surface area contributed by atoms with Gasteiger partial charge in [0, 0.05) is 44.2 Å². The number of likely N-dealkylation sites (tertiary alicyclic amines) is 2. The lowest BCUT2D eigenvalue weighted by atomic mass is 10.0. The third-order valence-electron chi connectivity index (χ3n) is 7.50. The molecule has 1 aromatic carbocycles. The van der Waals surface area contributed by atoms with Gasteiger partial charge in [0.1, 0.15) is 18.2 Å². The molecule has 2 fully saturated rings. The summed E-state index contributed by atoms with van der Waals surface area (Å²) >= 11 is 0. The Morgan fingerprint density at radius 3 is 2.58 bits per heavy atom. The van der Waals surface area contributed by atoms with Gasteiger partial charge in [-0.05, 0) is 56.6 Å². The van der Waals surface area contributed by atoms with Crippen molar-refractivity contribution in [1.29, 1.82) is 0 Å². The fourth-order valence-corrected chi connectivity index (χ4v) is 5.13. The second kappa shape index (κ2) is 12.1. The van der Waals surface area contributed by atoms with Crippen molar-refractivity contribution in [3.8, 4) is 6.01 Å². The monoisotopic (exact) mass is 545 g/mol. The molecule has 0 aliphatic carbocycles. The number of piperidine rings is 1. The number of aromatic nitrogens is 6. The molecule has 11 heteroatoms. The number of carbonyl (C=O) groups excluding carboxylic acids is 1. The highest BCUT2D eigenvalue weighted by molar-refractivity contribution is 5.76. The standard InChI is InChI=1S/C26H35N9O.C3H4O/c1-16(2)20-13-28-35-24(20)31-26(36-19-7-9-33(3)10-8-19)32-25(35)27-12-17-5-6-21-22(11-17)30-23(29-21)18-14-34(4)15-18;1-2-3-4/h5-6,11,13,16,18-19H,7-10,12,14-15H2,1-4H3,(H,29,30)(H,27,31,32);2-3H,1H2. The number of hydrogen-bond donors (Lipinski definition) is 2. The normalized spacial score (nSPS) is 17.0. The van der Waals surface area contributed by atoms with Gasteiger partial charge in [0.25, 0.3) is 0 Å². The Balaban J connectivity index is 0.000000758. The molecule has 0 bridgehead atoms. The molecule has 5 heterocycles. The van der Waals surface area contributed by atoms with Crippen molar-refractivity contribution in [3.63, 3.8) is 0 Å². The van der Waals surface area contributed by atoms with Crippen LogP contribution in [0.2, 0.25) is 0 Å². The molecule has 2 N–H and O–H groups in total. The molecule has 0 amide bonds. The molecule has 6 rings (SSSR count). The lowest BCUT2D eigenvalue weighted by molar-refractivity contribution is -0.104. The van der Waals surface area contributed by atoms with Crippen molar-refractivity contribution >= 4 is 28.9 Å². The summed E-state index contributed by atoms with van der Waals surface area (Å²) in [5, 5.41) is 8.07. The number of fused-ring (bicyclic) bond motifs is 2. The van der Waals surface area contributed by atoms with Crippen molar-refractivity contribution in [2.45, 2.75) is 51.2 Å². The Morgan fingerprint density at radius 2 is 1.90 bits per heavy atom. The van der Waals surface area contributed by atoms with E-state index in [-0.39, 0.29) is 6.10 Å². The number of nitrogens with zero attached hydrogens (tertiary/aromatic N) is 7. The summed E-state index contributed by atoms with van der Waals surface area (Å²) in [6.07, 6.45) is 5.81. The first-order valence-electron chi connectivity index (χ1n) is 13.9. The molecule has 212 valence electrons. The van der Waals surface area contributed by atoms with E-state index in [1.807, 2.05) is 6.20 Å². The van der Waals surface area contributed by atoms with E-state index < -0.39 is 0 Å². The summed E-state index contributed by atoms with van der Waals surface area (Å²) in [5.41, 5.74) is 5.10. The van der Waals surface area contributed by atoms with Crippen LogP contribution in [0.25, 0.3) is 16.7 Å². The number of benzene rings is 1. The molecule has 2 aliphatic heterocycles. The molecular weight excluding hydrogens is 506 g/mol. The number of aromatic amines is 1. The Bertz CT molecular complexity index is 1460. The largest absolute Gasteiger partial charge is 0.460 e. The average molecular weight is 546 g/mol. The Morgan fingerprint density at radius 1 is 1.15 bits per heavy atom. The number of imidazole rings is 1. The van der Waals surface area contributed by atoms with Gasteiger partial charge in [-0.2, -0.15) is 19.6 Å². The molecule has 2 saturated heterocycles. The van der Waals surface area contributed by atoms with Crippen molar-refractivity contribution < 1.29 is 9.53 Å². The van der Waals surface area contributed by atoms with Gasteiger partial charge < -0.3 is 24.8 Å². The zero-order valence-corrected chi connectivity index (χ0v) is 23.8. The highest BCUT2D eigenvalue weighted by Crippen LogP contribution is 2.27. The number of anilines is 1. The molecule has 0 spiro atoms. The minimum absolute atomic E-state index is 0.134.